The van der Waals surface area contributed by atoms with E-state index in [0.717, 1.165) is 31.3 Å². The highest BCUT2D eigenvalue weighted by molar-refractivity contribution is 5.79. The second kappa shape index (κ2) is 10.1. The normalized spacial score (nSPS) is 19.4. The number of ether oxygens (including phenoxy) is 1. The largest absolute Gasteiger partial charge is 0.492 e. The standard InChI is InChI=1S/C18H30N4O/c1-3-22-13-8-7-9-16(22)15-21-18(19-2)20-12-14-23-17-10-5-4-6-11-17/h4-6,10-11,16H,3,7-9,12-15H2,1-2H3,(H2,19,20,21). The molecule has 0 radical (unpaired) electrons. The smallest absolute Gasteiger partial charge is 0.191 e. The van der Waals surface area contributed by atoms with Gasteiger partial charge in [-0.3, -0.25) is 9.89 Å². The van der Waals surface area contributed by atoms with Crippen molar-refractivity contribution >= 4 is 5.96 Å². The van der Waals surface area contributed by atoms with E-state index in [2.05, 4.69) is 27.4 Å². The van der Waals surface area contributed by atoms with Crippen LogP contribution in [0, 0.1) is 0 Å². The van der Waals surface area contributed by atoms with Crippen LogP contribution in [-0.2, 0) is 0 Å². The molecule has 0 spiro atoms. The first-order chi connectivity index (χ1) is 11.3. The lowest BCUT2D eigenvalue weighted by atomic mass is 10.0. The Balaban J connectivity index is 1.65. The lowest BCUT2D eigenvalue weighted by Crippen LogP contribution is -2.49. The fourth-order valence-corrected chi connectivity index (χ4v) is 3.00. The van der Waals surface area contributed by atoms with Crippen molar-refractivity contribution in [2.75, 3.05) is 39.8 Å². The van der Waals surface area contributed by atoms with E-state index in [1.807, 2.05) is 37.4 Å². The summed E-state index contributed by atoms with van der Waals surface area (Å²) in [6.07, 6.45) is 3.93. The first-order valence-corrected chi connectivity index (χ1v) is 8.70. The van der Waals surface area contributed by atoms with Gasteiger partial charge in [-0.1, -0.05) is 31.5 Å². The molecule has 2 N–H and O–H groups in total. The number of para-hydroxylation sites is 1. The molecule has 5 nitrogen and oxygen atoms in total. The zero-order valence-corrected chi connectivity index (χ0v) is 14.4. The molecule has 0 bridgehead atoms. The third-order valence-electron chi connectivity index (χ3n) is 4.29. The van der Waals surface area contributed by atoms with Crippen molar-refractivity contribution in [2.24, 2.45) is 4.99 Å². The third kappa shape index (κ3) is 6.10. The van der Waals surface area contributed by atoms with E-state index in [1.165, 1.54) is 25.8 Å². The van der Waals surface area contributed by atoms with E-state index in [1.54, 1.807) is 0 Å². The molecule has 5 heteroatoms. The molecule has 1 aliphatic rings. The molecule has 23 heavy (non-hydrogen) atoms. The van der Waals surface area contributed by atoms with Crippen molar-refractivity contribution in [3.63, 3.8) is 0 Å². The van der Waals surface area contributed by atoms with Crippen molar-refractivity contribution in [1.82, 2.24) is 15.5 Å². The molecular formula is C18H30N4O. The molecule has 1 aliphatic heterocycles. The van der Waals surface area contributed by atoms with Crippen LogP contribution in [0.25, 0.3) is 0 Å². The maximum Gasteiger partial charge on any atom is 0.191 e. The molecule has 2 rings (SSSR count). The van der Waals surface area contributed by atoms with Gasteiger partial charge >= 0.3 is 0 Å². The number of aliphatic imine (C=N–C) groups is 1. The van der Waals surface area contributed by atoms with Crippen LogP contribution < -0.4 is 15.4 Å². The second-order valence-corrected chi connectivity index (χ2v) is 5.82. The zero-order chi connectivity index (χ0) is 16.3. The van der Waals surface area contributed by atoms with E-state index < -0.39 is 0 Å². The Bertz CT molecular complexity index is 463. The van der Waals surface area contributed by atoms with Gasteiger partial charge in [0.15, 0.2) is 5.96 Å². The Morgan fingerprint density at radius 3 is 2.83 bits per heavy atom. The number of hydrogen-bond donors (Lipinski definition) is 2. The Morgan fingerprint density at radius 2 is 2.09 bits per heavy atom. The molecule has 1 aromatic rings. The Labute approximate surface area is 140 Å². The van der Waals surface area contributed by atoms with Crippen molar-refractivity contribution in [2.45, 2.75) is 32.2 Å². The molecule has 1 saturated heterocycles. The number of guanidine groups is 1. The van der Waals surface area contributed by atoms with Crippen molar-refractivity contribution in [3.8, 4) is 5.75 Å². The van der Waals surface area contributed by atoms with Crippen LogP contribution in [-0.4, -0.2) is 56.7 Å². The summed E-state index contributed by atoms with van der Waals surface area (Å²) < 4.78 is 5.68. The van der Waals surface area contributed by atoms with Crippen LogP contribution in [0.4, 0.5) is 0 Å². The summed E-state index contributed by atoms with van der Waals surface area (Å²) in [7, 11) is 1.81. The summed E-state index contributed by atoms with van der Waals surface area (Å²) in [4.78, 5) is 6.85. The van der Waals surface area contributed by atoms with Gasteiger partial charge in [0.25, 0.3) is 0 Å². The van der Waals surface area contributed by atoms with E-state index in [0.29, 0.717) is 12.6 Å². The fourth-order valence-electron chi connectivity index (χ4n) is 3.00. The maximum absolute atomic E-state index is 5.68. The van der Waals surface area contributed by atoms with E-state index in [9.17, 15) is 0 Å². The van der Waals surface area contributed by atoms with Gasteiger partial charge in [0.2, 0.25) is 0 Å². The Morgan fingerprint density at radius 1 is 1.26 bits per heavy atom. The number of nitrogens with zero attached hydrogens (tertiary/aromatic N) is 2. The van der Waals surface area contributed by atoms with Crippen molar-refractivity contribution in [3.05, 3.63) is 30.3 Å². The van der Waals surface area contributed by atoms with Gasteiger partial charge in [-0.25, -0.2) is 0 Å². The lowest BCUT2D eigenvalue weighted by Gasteiger charge is -2.35. The minimum atomic E-state index is 0.618. The molecule has 0 aromatic heterocycles. The topological polar surface area (TPSA) is 48.9 Å². The molecule has 0 saturated carbocycles. The molecular weight excluding hydrogens is 288 g/mol. The second-order valence-electron chi connectivity index (χ2n) is 5.82. The molecule has 0 amide bonds. The minimum Gasteiger partial charge on any atom is -0.492 e. The molecule has 1 heterocycles. The van der Waals surface area contributed by atoms with Gasteiger partial charge in [0, 0.05) is 19.6 Å². The summed E-state index contributed by atoms with van der Waals surface area (Å²) in [6, 6.07) is 10.5. The lowest BCUT2D eigenvalue weighted by molar-refractivity contribution is 0.157. The number of nitrogens with one attached hydrogen (secondary N) is 2. The van der Waals surface area contributed by atoms with Gasteiger partial charge in [-0.05, 0) is 38.1 Å². The first-order valence-electron chi connectivity index (χ1n) is 8.70. The monoisotopic (exact) mass is 318 g/mol. The molecule has 1 aromatic carbocycles. The van der Waals surface area contributed by atoms with Crippen LogP contribution in [0.3, 0.4) is 0 Å². The summed E-state index contributed by atoms with van der Waals surface area (Å²) in [5.41, 5.74) is 0. The highest BCUT2D eigenvalue weighted by Gasteiger charge is 2.20. The number of piperidine rings is 1. The summed E-state index contributed by atoms with van der Waals surface area (Å²) >= 11 is 0. The van der Waals surface area contributed by atoms with Crippen LogP contribution in [0.1, 0.15) is 26.2 Å². The Kier molecular flexibility index (Phi) is 7.73. The summed E-state index contributed by atoms with van der Waals surface area (Å²) in [6.45, 7) is 6.90. The first kappa shape index (κ1) is 17.6. The summed E-state index contributed by atoms with van der Waals surface area (Å²) in [5, 5.41) is 6.75. The van der Waals surface area contributed by atoms with E-state index in [4.69, 9.17) is 4.74 Å². The average Bonchev–Trinajstić information content (AvgIpc) is 2.62. The Hall–Kier alpha value is -1.75. The fraction of sp³-hybridized carbons (Fsp3) is 0.611. The zero-order valence-electron chi connectivity index (χ0n) is 14.4. The third-order valence-corrected chi connectivity index (χ3v) is 4.29. The molecule has 128 valence electrons. The van der Waals surface area contributed by atoms with Gasteiger partial charge in [0.1, 0.15) is 12.4 Å². The number of hydrogen-bond acceptors (Lipinski definition) is 3. The molecule has 1 atom stereocenters. The number of rotatable bonds is 7. The number of benzene rings is 1. The van der Waals surface area contributed by atoms with Gasteiger partial charge in [0.05, 0.1) is 6.54 Å². The van der Waals surface area contributed by atoms with Crippen molar-refractivity contribution < 1.29 is 4.74 Å². The molecule has 1 unspecified atom stereocenters. The van der Waals surface area contributed by atoms with Crippen LogP contribution in [0.2, 0.25) is 0 Å². The molecule has 1 fully saturated rings. The van der Waals surface area contributed by atoms with E-state index in [-0.39, 0.29) is 0 Å². The van der Waals surface area contributed by atoms with Crippen LogP contribution in [0.15, 0.2) is 35.3 Å². The number of likely N-dealkylation sites (tertiary alicyclic amines) is 1. The quantitative estimate of drug-likeness (QED) is 0.459. The number of likely N-dealkylation sites (N-methyl/N-ethyl adjacent to an activating group) is 1. The highest BCUT2D eigenvalue weighted by Crippen LogP contribution is 2.15. The minimum absolute atomic E-state index is 0.618. The van der Waals surface area contributed by atoms with Gasteiger partial charge in [-0.15, -0.1) is 0 Å². The predicted molar refractivity (Wildman–Crippen MR) is 96.2 cm³/mol. The molecule has 0 aliphatic carbocycles. The predicted octanol–water partition coefficient (Wildman–Crippen LogP) is 2.10. The van der Waals surface area contributed by atoms with Crippen LogP contribution in [0.5, 0.6) is 5.75 Å². The van der Waals surface area contributed by atoms with Crippen LogP contribution >= 0.6 is 0 Å². The highest BCUT2D eigenvalue weighted by atomic mass is 16.5. The van der Waals surface area contributed by atoms with Gasteiger partial charge in [-0.2, -0.15) is 0 Å². The average molecular weight is 318 g/mol. The maximum atomic E-state index is 5.68. The van der Waals surface area contributed by atoms with Crippen molar-refractivity contribution in [1.29, 1.82) is 0 Å². The van der Waals surface area contributed by atoms with Gasteiger partial charge < -0.3 is 15.4 Å². The SMILES string of the molecule is CCN1CCCCC1CNC(=NC)NCCOc1ccccc1. The van der Waals surface area contributed by atoms with E-state index >= 15 is 0 Å². The summed E-state index contributed by atoms with van der Waals surface area (Å²) in [5.74, 6) is 1.75.